The zero-order valence-electron chi connectivity index (χ0n) is 12.4. The number of nitrogens with zero attached hydrogens (tertiary/aromatic N) is 2. The van der Waals surface area contributed by atoms with Crippen molar-refractivity contribution in [3.05, 3.63) is 23.9 Å². The van der Waals surface area contributed by atoms with Crippen LogP contribution < -0.4 is 5.32 Å². The van der Waals surface area contributed by atoms with Gasteiger partial charge >= 0.3 is 0 Å². The van der Waals surface area contributed by atoms with Gasteiger partial charge in [-0.2, -0.15) is 0 Å². The molecule has 0 aliphatic carbocycles. The van der Waals surface area contributed by atoms with Gasteiger partial charge in [0.15, 0.2) is 0 Å². The second-order valence-corrected chi connectivity index (χ2v) is 5.12. The average molecular weight is 265 g/mol. The first-order chi connectivity index (χ1) is 9.17. The third-order valence-corrected chi connectivity index (χ3v) is 3.10. The number of aliphatic hydroxyl groups excluding tert-OH is 1. The molecule has 1 heterocycles. The summed E-state index contributed by atoms with van der Waals surface area (Å²) in [7, 11) is 0. The highest BCUT2D eigenvalue weighted by Gasteiger charge is 2.10. The van der Waals surface area contributed by atoms with Crippen LogP contribution in [0, 0.1) is 0 Å². The van der Waals surface area contributed by atoms with Crippen LogP contribution in [0.25, 0.3) is 0 Å². The Morgan fingerprint density at radius 3 is 2.84 bits per heavy atom. The normalized spacial score (nSPS) is 11.3. The summed E-state index contributed by atoms with van der Waals surface area (Å²) in [6, 6.07) is 4.65. The van der Waals surface area contributed by atoms with Crippen LogP contribution in [-0.4, -0.2) is 40.7 Å². The minimum atomic E-state index is 0.253. The molecule has 0 amide bonds. The van der Waals surface area contributed by atoms with Crippen LogP contribution in [0.5, 0.6) is 0 Å². The second kappa shape index (κ2) is 8.88. The molecule has 108 valence electrons. The molecule has 0 saturated heterocycles. The van der Waals surface area contributed by atoms with E-state index >= 15 is 0 Å². The Morgan fingerprint density at radius 2 is 2.21 bits per heavy atom. The molecule has 0 atom stereocenters. The van der Waals surface area contributed by atoms with E-state index in [1.807, 2.05) is 6.20 Å². The van der Waals surface area contributed by atoms with E-state index in [-0.39, 0.29) is 6.61 Å². The minimum Gasteiger partial charge on any atom is -0.396 e. The molecular formula is C15H27N3O. The van der Waals surface area contributed by atoms with Gasteiger partial charge in [0, 0.05) is 38.5 Å². The molecule has 1 aromatic rings. The Bertz CT molecular complexity index is 355. The van der Waals surface area contributed by atoms with Gasteiger partial charge in [-0.1, -0.05) is 6.92 Å². The zero-order valence-corrected chi connectivity index (χ0v) is 12.4. The lowest BCUT2D eigenvalue weighted by Gasteiger charge is -2.26. The summed E-state index contributed by atoms with van der Waals surface area (Å²) in [6.45, 7) is 9.56. The molecule has 19 heavy (non-hydrogen) atoms. The molecule has 1 aromatic heterocycles. The molecule has 0 spiro atoms. The molecule has 1 rings (SSSR count). The first kappa shape index (κ1) is 15.9. The molecule has 0 radical (unpaired) electrons. The van der Waals surface area contributed by atoms with Gasteiger partial charge in [-0.25, -0.2) is 4.98 Å². The average Bonchev–Trinajstić information content (AvgIpc) is 2.41. The predicted octanol–water partition coefficient (Wildman–Crippen LogP) is 2.50. The molecule has 2 N–H and O–H groups in total. The number of hydrogen-bond donors (Lipinski definition) is 2. The smallest absolute Gasteiger partial charge is 0.126 e. The van der Waals surface area contributed by atoms with E-state index in [0.29, 0.717) is 6.04 Å². The summed E-state index contributed by atoms with van der Waals surface area (Å²) < 4.78 is 0. The fourth-order valence-corrected chi connectivity index (χ4v) is 1.95. The Morgan fingerprint density at radius 1 is 1.42 bits per heavy atom. The van der Waals surface area contributed by atoms with Gasteiger partial charge in [0.25, 0.3) is 0 Å². The number of aromatic nitrogens is 1. The SMILES string of the molecule is CCCNc1cc(CN(CCCO)C(C)C)ccn1. The minimum absolute atomic E-state index is 0.253. The van der Waals surface area contributed by atoms with Gasteiger partial charge in [-0.15, -0.1) is 0 Å². The maximum atomic E-state index is 8.96. The first-order valence-electron chi connectivity index (χ1n) is 7.21. The summed E-state index contributed by atoms with van der Waals surface area (Å²) in [6.07, 6.45) is 3.78. The molecule has 0 saturated carbocycles. The van der Waals surface area contributed by atoms with Crippen molar-refractivity contribution in [3.63, 3.8) is 0 Å². The molecule has 0 aliphatic heterocycles. The van der Waals surface area contributed by atoms with E-state index in [0.717, 1.165) is 38.3 Å². The number of rotatable bonds is 9. The van der Waals surface area contributed by atoms with Crippen LogP contribution in [0.1, 0.15) is 39.2 Å². The number of aliphatic hydroxyl groups is 1. The summed E-state index contributed by atoms with van der Waals surface area (Å²) in [5, 5.41) is 12.3. The topological polar surface area (TPSA) is 48.4 Å². The highest BCUT2D eigenvalue weighted by molar-refractivity contribution is 5.37. The Labute approximate surface area is 116 Å². The highest BCUT2D eigenvalue weighted by atomic mass is 16.3. The summed E-state index contributed by atoms with van der Waals surface area (Å²) in [5.74, 6) is 0.949. The van der Waals surface area contributed by atoms with Gasteiger partial charge in [0.2, 0.25) is 0 Å². The number of hydrogen-bond acceptors (Lipinski definition) is 4. The van der Waals surface area contributed by atoms with Crippen molar-refractivity contribution in [2.45, 2.75) is 46.2 Å². The monoisotopic (exact) mass is 265 g/mol. The van der Waals surface area contributed by atoms with Crippen LogP contribution >= 0.6 is 0 Å². The predicted molar refractivity (Wildman–Crippen MR) is 80.3 cm³/mol. The molecule has 0 aliphatic rings. The number of anilines is 1. The number of pyridine rings is 1. The van der Waals surface area contributed by atoms with Gasteiger partial charge in [-0.05, 0) is 44.4 Å². The maximum absolute atomic E-state index is 8.96. The Kier molecular flexibility index (Phi) is 7.45. The lowest BCUT2D eigenvalue weighted by Crippen LogP contribution is -2.31. The second-order valence-electron chi connectivity index (χ2n) is 5.12. The first-order valence-corrected chi connectivity index (χ1v) is 7.21. The highest BCUT2D eigenvalue weighted by Crippen LogP contribution is 2.12. The van der Waals surface area contributed by atoms with E-state index in [9.17, 15) is 0 Å². The van der Waals surface area contributed by atoms with Crippen molar-refractivity contribution in [2.24, 2.45) is 0 Å². The van der Waals surface area contributed by atoms with Gasteiger partial charge in [0.1, 0.15) is 5.82 Å². The van der Waals surface area contributed by atoms with Crippen molar-refractivity contribution >= 4 is 5.82 Å². The van der Waals surface area contributed by atoms with Crippen LogP contribution in [0.2, 0.25) is 0 Å². The van der Waals surface area contributed by atoms with Crippen molar-refractivity contribution in [1.82, 2.24) is 9.88 Å². The van der Waals surface area contributed by atoms with E-state index in [2.05, 4.69) is 48.1 Å². The maximum Gasteiger partial charge on any atom is 0.126 e. The standard InChI is InChI=1S/C15H27N3O/c1-4-7-16-15-11-14(6-8-17-15)12-18(13(2)3)9-5-10-19/h6,8,11,13,19H,4-5,7,9-10,12H2,1-3H3,(H,16,17). The van der Waals surface area contributed by atoms with E-state index in [1.54, 1.807) is 0 Å². The zero-order chi connectivity index (χ0) is 14.1. The van der Waals surface area contributed by atoms with Gasteiger partial charge in [0.05, 0.1) is 0 Å². The van der Waals surface area contributed by atoms with Crippen LogP contribution in [0.4, 0.5) is 5.82 Å². The summed E-state index contributed by atoms with van der Waals surface area (Å²) >= 11 is 0. The van der Waals surface area contributed by atoms with Crippen LogP contribution in [0.15, 0.2) is 18.3 Å². The molecular weight excluding hydrogens is 238 g/mol. The molecule has 0 fully saturated rings. The summed E-state index contributed by atoms with van der Waals surface area (Å²) in [4.78, 5) is 6.69. The van der Waals surface area contributed by atoms with E-state index < -0.39 is 0 Å². The molecule has 0 aromatic carbocycles. The van der Waals surface area contributed by atoms with Gasteiger partial charge < -0.3 is 10.4 Å². The van der Waals surface area contributed by atoms with Crippen LogP contribution in [-0.2, 0) is 6.54 Å². The lowest BCUT2D eigenvalue weighted by atomic mass is 10.2. The summed E-state index contributed by atoms with van der Waals surface area (Å²) in [5.41, 5.74) is 1.26. The quantitative estimate of drug-likeness (QED) is 0.720. The van der Waals surface area contributed by atoms with E-state index in [4.69, 9.17) is 5.11 Å². The van der Waals surface area contributed by atoms with Crippen molar-refractivity contribution in [3.8, 4) is 0 Å². The third-order valence-electron chi connectivity index (χ3n) is 3.10. The molecule has 0 unspecified atom stereocenters. The van der Waals surface area contributed by atoms with Crippen molar-refractivity contribution in [1.29, 1.82) is 0 Å². The fourth-order valence-electron chi connectivity index (χ4n) is 1.95. The van der Waals surface area contributed by atoms with Crippen LogP contribution in [0.3, 0.4) is 0 Å². The molecule has 4 nitrogen and oxygen atoms in total. The van der Waals surface area contributed by atoms with Crippen molar-refractivity contribution < 1.29 is 5.11 Å². The largest absolute Gasteiger partial charge is 0.396 e. The van der Waals surface area contributed by atoms with Crippen molar-refractivity contribution in [2.75, 3.05) is 25.0 Å². The number of nitrogens with one attached hydrogen (secondary N) is 1. The van der Waals surface area contributed by atoms with Gasteiger partial charge in [-0.3, -0.25) is 4.90 Å². The Balaban J connectivity index is 2.62. The Hall–Kier alpha value is -1.13. The third kappa shape index (κ3) is 6.03. The molecule has 0 bridgehead atoms. The molecule has 4 heteroatoms. The fraction of sp³-hybridized carbons (Fsp3) is 0.667. The van der Waals surface area contributed by atoms with E-state index in [1.165, 1.54) is 5.56 Å². The lowest BCUT2D eigenvalue weighted by molar-refractivity contribution is 0.185.